The molecule has 2 aliphatic heterocycles. The Balaban J connectivity index is 2.04. The molecule has 1 aromatic carbocycles. The van der Waals surface area contributed by atoms with Gasteiger partial charge in [0.15, 0.2) is 0 Å². The van der Waals surface area contributed by atoms with E-state index in [2.05, 4.69) is 5.32 Å². The monoisotopic (exact) mass is 368 g/mol. The molecule has 0 radical (unpaired) electrons. The zero-order valence-corrected chi connectivity index (χ0v) is 14.2. The molecule has 2 unspecified atom stereocenters. The summed E-state index contributed by atoms with van der Waals surface area (Å²) in [6.45, 7) is 2.03. The Bertz CT molecular complexity index is 642. The Kier molecular flexibility index (Phi) is 4.43. The van der Waals surface area contributed by atoms with E-state index >= 15 is 0 Å². The Morgan fingerprint density at radius 3 is 2.48 bits per heavy atom. The topological polar surface area (TPSA) is 49.4 Å². The molecule has 0 aliphatic carbocycles. The summed E-state index contributed by atoms with van der Waals surface area (Å²) in [6.07, 6.45) is 1.90. The average Bonchev–Trinajstić information content (AvgIpc) is 2.84. The molecule has 1 aromatic rings. The number of halogens is 3. The number of hydrogen-bond acceptors (Lipinski definition) is 3. The highest BCUT2D eigenvalue weighted by molar-refractivity contribution is 7.89. The van der Waals surface area contributed by atoms with Crippen LogP contribution in [0.3, 0.4) is 0 Å². The van der Waals surface area contributed by atoms with Crippen molar-refractivity contribution >= 4 is 44.8 Å². The summed E-state index contributed by atoms with van der Waals surface area (Å²) in [5.74, 6) is 0.360. The number of fused-ring (bicyclic) bond motifs is 1. The smallest absolute Gasteiger partial charge is 0.246 e. The molecule has 0 bridgehead atoms. The SMILES string of the molecule is O=S(=O)(c1c(Cl)cc(Cl)cc1Cl)N1CCCC2CNCC21. The summed E-state index contributed by atoms with van der Waals surface area (Å²) in [5, 5.41) is 3.73. The lowest BCUT2D eigenvalue weighted by Gasteiger charge is -2.36. The van der Waals surface area contributed by atoms with Gasteiger partial charge in [0, 0.05) is 24.2 Å². The average molecular weight is 370 g/mol. The maximum atomic E-state index is 13.0. The molecule has 2 aliphatic rings. The van der Waals surface area contributed by atoms with Crippen molar-refractivity contribution in [3.8, 4) is 0 Å². The lowest BCUT2D eigenvalue weighted by atomic mass is 9.94. The maximum Gasteiger partial charge on any atom is 0.246 e. The number of benzene rings is 1. The van der Waals surface area contributed by atoms with Crippen molar-refractivity contribution in [2.75, 3.05) is 19.6 Å². The molecule has 2 fully saturated rings. The summed E-state index contributed by atoms with van der Waals surface area (Å²) in [7, 11) is -3.72. The van der Waals surface area contributed by atoms with Crippen LogP contribution in [0.1, 0.15) is 12.8 Å². The second-order valence-electron chi connectivity index (χ2n) is 5.44. The lowest BCUT2D eigenvalue weighted by Crippen LogP contribution is -2.48. The molecule has 21 heavy (non-hydrogen) atoms. The normalized spacial score (nSPS) is 26.8. The van der Waals surface area contributed by atoms with Crippen LogP contribution < -0.4 is 5.32 Å². The molecule has 2 saturated heterocycles. The third kappa shape index (κ3) is 2.80. The van der Waals surface area contributed by atoms with Crippen molar-refractivity contribution in [2.24, 2.45) is 5.92 Å². The summed E-state index contributed by atoms with van der Waals surface area (Å²) in [5.41, 5.74) is 0. The van der Waals surface area contributed by atoms with Crippen molar-refractivity contribution in [1.82, 2.24) is 9.62 Å². The van der Waals surface area contributed by atoms with E-state index < -0.39 is 10.0 Å². The standard InChI is InChI=1S/C13H15Cl3N2O2S/c14-9-4-10(15)13(11(16)5-9)21(19,20)18-3-1-2-8-6-17-7-12(8)18/h4-5,8,12,17H,1-3,6-7H2. The highest BCUT2D eigenvalue weighted by Gasteiger charge is 2.42. The number of nitrogens with zero attached hydrogens (tertiary/aromatic N) is 1. The second kappa shape index (κ2) is 5.87. The second-order valence-corrected chi connectivity index (χ2v) is 8.52. The molecule has 4 nitrogen and oxygen atoms in total. The predicted molar refractivity (Wildman–Crippen MR) is 84.7 cm³/mol. The van der Waals surface area contributed by atoms with Crippen molar-refractivity contribution in [2.45, 2.75) is 23.8 Å². The van der Waals surface area contributed by atoms with Crippen LogP contribution in [-0.2, 0) is 10.0 Å². The Labute approximate surface area is 139 Å². The summed E-state index contributed by atoms with van der Waals surface area (Å²) >= 11 is 18.0. The van der Waals surface area contributed by atoms with E-state index in [9.17, 15) is 8.42 Å². The van der Waals surface area contributed by atoms with Gasteiger partial charge in [0.1, 0.15) is 4.90 Å². The Morgan fingerprint density at radius 2 is 1.81 bits per heavy atom. The maximum absolute atomic E-state index is 13.0. The third-order valence-corrected chi connectivity index (χ3v) is 7.22. The van der Waals surface area contributed by atoms with Crippen LogP contribution in [0.15, 0.2) is 17.0 Å². The molecule has 8 heteroatoms. The van der Waals surface area contributed by atoms with Crippen LogP contribution in [-0.4, -0.2) is 38.4 Å². The number of sulfonamides is 1. The largest absolute Gasteiger partial charge is 0.315 e. The zero-order valence-electron chi connectivity index (χ0n) is 11.2. The number of hydrogen-bond donors (Lipinski definition) is 1. The van der Waals surface area contributed by atoms with Gasteiger partial charge in [0.05, 0.1) is 10.0 Å². The highest BCUT2D eigenvalue weighted by atomic mass is 35.5. The number of piperidine rings is 1. The van der Waals surface area contributed by atoms with Gasteiger partial charge in [-0.05, 0) is 37.4 Å². The first-order chi connectivity index (χ1) is 9.91. The predicted octanol–water partition coefficient (Wildman–Crippen LogP) is 3.02. The molecular formula is C13H15Cl3N2O2S. The van der Waals surface area contributed by atoms with Gasteiger partial charge in [0.25, 0.3) is 0 Å². The zero-order chi connectivity index (χ0) is 15.2. The third-order valence-electron chi connectivity index (χ3n) is 4.16. The van der Waals surface area contributed by atoms with E-state index in [1.54, 1.807) is 4.31 Å². The van der Waals surface area contributed by atoms with Gasteiger partial charge in [-0.25, -0.2) is 8.42 Å². The van der Waals surface area contributed by atoms with Gasteiger partial charge < -0.3 is 5.32 Å². The van der Waals surface area contributed by atoms with Crippen LogP contribution in [0.2, 0.25) is 15.1 Å². The van der Waals surface area contributed by atoms with E-state index in [0.29, 0.717) is 24.0 Å². The number of rotatable bonds is 2. The summed E-state index contributed by atoms with van der Waals surface area (Å²) in [4.78, 5) is -0.0391. The van der Waals surface area contributed by atoms with Gasteiger partial charge >= 0.3 is 0 Å². The van der Waals surface area contributed by atoms with Gasteiger partial charge in [-0.2, -0.15) is 4.31 Å². The van der Waals surface area contributed by atoms with E-state index in [1.807, 2.05) is 0 Å². The van der Waals surface area contributed by atoms with Crippen LogP contribution >= 0.6 is 34.8 Å². The van der Waals surface area contributed by atoms with Gasteiger partial charge in [0.2, 0.25) is 10.0 Å². The quantitative estimate of drug-likeness (QED) is 0.872. The van der Waals surface area contributed by atoms with Crippen LogP contribution in [0.5, 0.6) is 0 Å². The molecule has 0 aromatic heterocycles. The molecule has 2 atom stereocenters. The minimum atomic E-state index is -3.72. The molecule has 116 valence electrons. The van der Waals surface area contributed by atoms with Crippen LogP contribution in [0.25, 0.3) is 0 Å². The molecule has 0 spiro atoms. The minimum absolute atomic E-state index is 0.0217. The Hall–Kier alpha value is -0.0400. The molecule has 3 rings (SSSR count). The Morgan fingerprint density at radius 1 is 1.14 bits per heavy atom. The molecule has 0 amide bonds. The fourth-order valence-corrected chi connectivity index (χ4v) is 6.44. The number of nitrogens with one attached hydrogen (secondary N) is 1. The van der Waals surface area contributed by atoms with E-state index in [0.717, 1.165) is 19.4 Å². The first-order valence-electron chi connectivity index (χ1n) is 6.78. The minimum Gasteiger partial charge on any atom is -0.315 e. The van der Waals surface area contributed by atoms with Crippen molar-refractivity contribution in [3.63, 3.8) is 0 Å². The molecule has 1 N–H and O–H groups in total. The van der Waals surface area contributed by atoms with Gasteiger partial charge in [-0.15, -0.1) is 0 Å². The first kappa shape index (κ1) is 15.8. The summed E-state index contributed by atoms with van der Waals surface area (Å²) < 4.78 is 27.5. The molecular weight excluding hydrogens is 355 g/mol. The van der Waals surface area contributed by atoms with Gasteiger partial charge in [-0.1, -0.05) is 34.8 Å². The molecule has 2 heterocycles. The van der Waals surface area contributed by atoms with Crippen molar-refractivity contribution in [1.29, 1.82) is 0 Å². The van der Waals surface area contributed by atoms with Crippen molar-refractivity contribution in [3.05, 3.63) is 27.2 Å². The van der Waals surface area contributed by atoms with E-state index in [1.165, 1.54) is 12.1 Å². The van der Waals surface area contributed by atoms with E-state index in [-0.39, 0.29) is 21.0 Å². The fraction of sp³-hybridized carbons (Fsp3) is 0.538. The molecule has 0 saturated carbocycles. The van der Waals surface area contributed by atoms with Crippen LogP contribution in [0.4, 0.5) is 0 Å². The first-order valence-corrected chi connectivity index (χ1v) is 9.36. The highest BCUT2D eigenvalue weighted by Crippen LogP contribution is 2.38. The van der Waals surface area contributed by atoms with Gasteiger partial charge in [-0.3, -0.25) is 0 Å². The van der Waals surface area contributed by atoms with Crippen LogP contribution in [0, 0.1) is 5.92 Å². The summed E-state index contributed by atoms with van der Waals surface area (Å²) in [6, 6.07) is 2.80. The van der Waals surface area contributed by atoms with Crippen molar-refractivity contribution < 1.29 is 8.42 Å². The van der Waals surface area contributed by atoms with E-state index in [4.69, 9.17) is 34.8 Å². The lowest BCUT2D eigenvalue weighted by molar-refractivity contribution is 0.217. The fourth-order valence-electron chi connectivity index (χ4n) is 3.22.